The minimum atomic E-state index is -0.186. The molecule has 0 aliphatic carbocycles. The highest BCUT2D eigenvalue weighted by Crippen LogP contribution is 2.14. The second-order valence-electron chi connectivity index (χ2n) is 8.82. The van der Waals surface area contributed by atoms with Crippen LogP contribution in [0, 0.1) is 0 Å². The maximum absolute atomic E-state index is 13.6. The average Bonchev–Trinajstić information content (AvgIpc) is 3.43. The predicted molar refractivity (Wildman–Crippen MR) is 139 cm³/mol. The van der Waals surface area contributed by atoms with Crippen molar-refractivity contribution in [3.8, 4) is 0 Å². The summed E-state index contributed by atoms with van der Waals surface area (Å²) in [6, 6.07) is 20.5. The first-order valence-electron chi connectivity index (χ1n) is 12.3. The van der Waals surface area contributed by atoms with Crippen LogP contribution in [0.3, 0.4) is 0 Å². The summed E-state index contributed by atoms with van der Waals surface area (Å²) in [5.41, 5.74) is 1.66. The summed E-state index contributed by atoms with van der Waals surface area (Å²) in [5.74, 6) is 0.404. The zero-order valence-electron chi connectivity index (χ0n) is 20.4. The van der Waals surface area contributed by atoms with E-state index in [9.17, 15) is 9.59 Å². The Morgan fingerprint density at radius 1 is 0.889 bits per heavy atom. The molecule has 0 unspecified atom stereocenters. The van der Waals surface area contributed by atoms with Crippen LogP contribution < -0.4 is 0 Å². The summed E-state index contributed by atoms with van der Waals surface area (Å²) < 4.78 is 11.0. The molecular formula is C28H32ClN3O4. The maximum Gasteiger partial charge on any atom is 0.254 e. The third kappa shape index (κ3) is 7.68. The summed E-state index contributed by atoms with van der Waals surface area (Å²) in [4.78, 5) is 32.7. The molecular weight excluding hydrogens is 478 g/mol. The van der Waals surface area contributed by atoms with Gasteiger partial charge in [-0.15, -0.1) is 0 Å². The van der Waals surface area contributed by atoms with E-state index in [0.717, 1.165) is 18.7 Å². The van der Waals surface area contributed by atoms with Gasteiger partial charge in [0.2, 0.25) is 5.91 Å². The van der Waals surface area contributed by atoms with Gasteiger partial charge in [-0.25, -0.2) is 0 Å². The van der Waals surface area contributed by atoms with Gasteiger partial charge in [-0.3, -0.25) is 14.5 Å². The van der Waals surface area contributed by atoms with Crippen LogP contribution in [-0.4, -0.2) is 79.0 Å². The van der Waals surface area contributed by atoms with Crippen molar-refractivity contribution in [3.05, 3.63) is 94.9 Å². The number of furan rings is 1. The second kappa shape index (κ2) is 13.3. The Labute approximate surface area is 217 Å². The fraction of sp³-hybridized carbons (Fsp3) is 0.357. The van der Waals surface area contributed by atoms with Gasteiger partial charge in [0.1, 0.15) is 12.3 Å². The third-order valence-electron chi connectivity index (χ3n) is 6.29. The Bertz CT molecular complexity index is 1080. The van der Waals surface area contributed by atoms with E-state index < -0.39 is 0 Å². The predicted octanol–water partition coefficient (Wildman–Crippen LogP) is 3.98. The number of nitrogens with zero attached hydrogens (tertiary/aromatic N) is 3. The van der Waals surface area contributed by atoms with Crippen molar-refractivity contribution in [2.75, 3.05) is 52.5 Å². The van der Waals surface area contributed by atoms with Crippen molar-refractivity contribution in [1.29, 1.82) is 0 Å². The number of hydrogen-bond donors (Lipinski definition) is 0. The fourth-order valence-corrected chi connectivity index (χ4v) is 4.29. The van der Waals surface area contributed by atoms with Gasteiger partial charge in [0.05, 0.1) is 26.0 Å². The molecule has 1 saturated heterocycles. The van der Waals surface area contributed by atoms with Crippen molar-refractivity contribution in [2.45, 2.75) is 13.0 Å². The Morgan fingerprint density at radius 3 is 2.33 bits per heavy atom. The zero-order valence-corrected chi connectivity index (χ0v) is 21.1. The van der Waals surface area contributed by atoms with Gasteiger partial charge in [-0.1, -0.05) is 41.9 Å². The molecule has 0 spiro atoms. The lowest BCUT2D eigenvalue weighted by atomic mass is 10.1. The molecule has 4 rings (SSSR count). The molecule has 0 saturated carbocycles. The van der Waals surface area contributed by atoms with E-state index in [1.54, 1.807) is 40.3 Å². The molecule has 7 nitrogen and oxygen atoms in total. The van der Waals surface area contributed by atoms with Crippen LogP contribution in [0.4, 0.5) is 0 Å². The molecule has 1 fully saturated rings. The van der Waals surface area contributed by atoms with E-state index in [-0.39, 0.29) is 18.4 Å². The highest BCUT2D eigenvalue weighted by atomic mass is 35.5. The molecule has 8 heteroatoms. The highest BCUT2D eigenvalue weighted by molar-refractivity contribution is 6.30. The van der Waals surface area contributed by atoms with Crippen molar-refractivity contribution >= 4 is 23.4 Å². The number of halogens is 1. The molecule has 1 aromatic heterocycles. The molecule has 1 aliphatic heterocycles. The summed E-state index contributed by atoms with van der Waals surface area (Å²) in [5, 5.41) is 0.563. The molecule has 0 bridgehead atoms. The van der Waals surface area contributed by atoms with Crippen molar-refractivity contribution < 1.29 is 18.7 Å². The molecule has 2 heterocycles. The number of amides is 2. The first-order chi connectivity index (χ1) is 17.6. The summed E-state index contributed by atoms with van der Waals surface area (Å²) >= 11 is 6.02. The zero-order chi connectivity index (χ0) is 25.2. The molecule has 1 aliphatic rings. The molecule has 3 aromatic rings. The fourth-order valence-electron chi connectivity index (χ4n) is 4.17. The van der Waals surface area contributed by atoms with Gasteiger partial charge in [0, 0.05) is 43.3 Å². The first-order valence-corrected chi connectivity index (χ1v) is 12.7. The highest BCUT2D eigenvalue weighted by Gasteiger charge is 2.24. The van der Waals surface area contributed by atoms with Crippen molar-refractivity contribution in [1.82, 2.24) is 14.7 Å². The summed E-state index contributed by atoms with van der Waals surface area (Å²) in [6.45, 7) is 4.99. The molecule has 190 valence electrons. The normalized spacial score (nSPS) is 13.9. The minimum absolute atomic E-state index is 0.0126. The molecule has 0 atom stereocenters. The Hall–Kier alpha value is -3.13. The number of ether oxygens (including phenoxy) is 1. The molecule has 36 heavy (non-hydrogen) atoms. The Morgan fingerprint density at radius 2 is 1.64 bits per heavy atom. The number of carbonyl (C=O) groups excluding carboxylic acids is 2. The van der Waals surface area contributed by atoms with Crippen LogP contribution in [0.25, 0.3) is 0 Å². The SMILES string of the molecule is O=C(CN(CCN1CCOCC1)C(=O)c1ccc(Cl)cc1)N(CCc1ccccc1)Cc1ccco1. The van der Waals surface area contributed by atoms with Crippen LogP contribution in [0.5, 0.6) is 0 Å². The van der Waals surface area contributed by atoms with Gasteiger partial charge in [-0.2, -0.15) is 0 Å². The molecule has 2 aromatic carbocycles. The average molecular weight is 510 g/mol. The van der Waals surface area contributed by atoms with E-state index in [0.29, 0.717) is 62.2 Å². The number of rotatable bonds is 11. The number of morpholine rings is 1. The van der Waals surface area contributed by atoms with Crippen LogP contribution >= 0.6 is 11.6 Å². The smallest absolute Gasteiger partial charge is 0.254 e. The van der Waals surface area contributed by atoms with Crippen LogP contribution in [0.15, 0.2) is 77.4 Å². The van der Waals surface area contributed by atoms with E-state index >= 15 is 0 Å². The lowest BCUT2D eigenvalue weighted by Gasteiger charge is -2.31. The summed E-state index contributed by atoms with van der Waals surface area (Å²) in [6.07, 6.45) is 2.32. The second-order valence-corrected chi connectivity index (χ2v) is 9.25. The van der Waals surface area contributed by atoms with Gasteiger partial charge in [0.15, 0.2) is 0 Å². The molecule has 0 N–H and O–H groups in total. The van der Waals surface area contributed by atoms with E-state index in [1.807, 2.05) is 42.5 Å². The van der Waals surface area contributed by atoms with E-state index in [2.05, 4.69) is 4.90 Å². The van der Waals surface area contributed by atoms with Crippen molar-refractivity contribution in [2.24, 2.45) is 0 Å². The monoisotopic (exact) mass is 509 g/mol. The van der Waals surface area contributed by atoms with Crippen molar-refractivity contribution in [3.63, 3.8) is 0 Å². The maximum atomic E-state index is 13.6. The van der Waals surface area contributed by atoms with E-state index in [1.165, 1.54) is 0 Å². The topological polar surface area (TPSA) is 66.2 Å². The largest absolute Gasteiger partial charge is 0.467 e. The lowest BCUT2D eigenvalue weighted by molar-refractivity contribution is -0.132. The molecule has 2 amide bonds. The van der Waals surface area contributed by atoms with E-state index in [4.69, 9.17) is 20.8 Å². The van der Waals surface area contributed by atoms with Crippen LogP contribution in [0.2, 0.25) is 5.02 Å². The quantitative estimate of drug-likeness (QED) is 0.391. The molecule has 0 radical (unpaired) electrons. The lowest BCUT2D eigenvalue weighted by Crippen LogP contribution is -2.47. The standard InChI is InChI=1S/C28H32ClN3O4/c29-25-10-8-24(9-11-25)28(34)32(15-14-30-16-19-35-20-17-30)22-27(33)31(21-26-7-4-18-36-26)13-12-23-5-2-1-3-6-23/h1-11,18H,12-17,19-22H2. The minimum Gasteiger partial charge on any atom is -0.467 e. The van der Waals surface area contributed by atoms with Gasteiger partial charge >= 0.3 is 0 Å². The van der Waals surface area contributed by atoms with Crippen LogP contribution in [-0.2, 0) is 22.5 Å². The number of benzene rings is 2. The van der Waals surface area contributed by atoms with Crippen LogP contribution in [0.1, 0.15) is 21.7 Å². The number of hydrogen-bond acceptors (Lipinski definition) is 5. The third-order valence-corrected chi connectivity index (χ3v) is 6.54. The van der Waals surface area contributed by atoms with Gasteiger partial charge in [-0.05, 0) is 48.4 Å². The first kappa shape index (κ1) is 25.9. The van der Waals surface area contributed by atoms with Gasteiger partial charge in [0.25, 0.3) is 5.91 Å². The Kier molecular flexibility index (Phi) is 9.55. The number of carbonyl (C=O) groups is 2. The summed E-state index contributed by atoms with van der Waals surface area (Å²) in [7, 11) is 0. The van der Waals surface area contributed by atoms with Gasteiger partial charge < -0.3 is 19.0 Å². The Balaban J connectivity index is 1.48.